The van der Waals surface area contributed by atoms with Crippen LogP contribution < -0.4 is 10.2 Å². The lowest BCUT2D eigenvalue weighted by Gasteiger charge is -2.34. The zero-order valence-electron chi connectivity index (χ0n) is 19.9. The molecule has 0 radical (unpaired) electrons. The van der Waals surface area contributed by atoms with Gasteiger partial charge in [-0.25, -0.2) is 9.82 Å². The SMILES string of the molecule is COc1ccc(C2=NOC(C)([C@H]3CC=C(C)/C(=N\NC(=O)c4cc5cc(F)ccc5[nH]4)C3)C2)cc1. The van der Waals surface area contributed by atoms with Crippen LogP contribution in [-0.4, -0.2) is 35.0 Å². The van der Waals surface area contributed by atoms with Crippen LogP contribution in [0.25, 0.3) is 10.9 Å². The lowest BCUT2D eigenvalue weighted by molar-refractivity contribution is -0.0470. The number of halogens is 1. The van der Waals surface area contributed by atoms with E-state index < -0.39 is 5.60 Å². The number of H-pyrrole nitrogens is 1. The van der Waals surface area contributed by atoms with Crippen molar-refractivity contribution < 1.29 is 18.8 Å². The van der Waals surface area contributed by atoms with E-state index >= 15 is 0 Å². The lowest BCUT2D eigenvalue weighted by atomic mass is 9.75. The van der Waals surface area contributed by atoms with Crippen LogP contribution in [0, 0.1) is 11.7 Å². The lowest BCUT2D eigenvalue weighted by Crippen LogP contribution is -2.38. The number of hydrogen-bond acceptors (Lipinski definition) is 5. The molecule has 2 aromatic carbocycles. The average molecular weight is 475 g/mol. The first-order valence-electron chi connectivity index (χ1n) is 11.6. The summed E-state index contributed by atoms with van der Waals surface area (Å²) in [7, 11) is 1.64. The number of fused-ring (bicyclic) bond motifs is 1. The van der Waals surface area contributed by atoms with E-state index in [1.807, 2.05) is 31.2 Å². The van der Waals surface area contributed by atoms with Gasteiger partial charge in [0.1, 0.15) is 22.9 Å². The van der Waals surface area contributed by atoms with Gasteiger partial charge in [-0.3, -0.25) is 4.79 Å². The quantitative estimate of drug-likeness (QED) is 0.489. The summed E-state index contributed by atoms with van der Waals surface area (Å²) >= 11 is 0. The molecule has 1 amide bonds. The minimum absolute atomic E-state index is 0.150. The zero-order valence-corrected chi connectivity index (χ0v) is 19.9. The monoisotopic (exact) mass is 474 g/mol. The van der Waals surface area contributed by atoms with Crippen LogP contribution in [0.15, 0.2) is 70.4 Å². The number of aromatic nitrogens is 1. The van der Waals surface area contributed by atoms with Crippen molar-refractivity contribution in [2.75, 3.05) is 7.11 Å². The summed E-state index contributed by atoms with van der Waals surface area (Å²) in [5, 5.41) is 9.45. The van der Waals surface area contributed by atoms with Crippen LogP contribution in [0.2, 0.25) is 0 Å². The van der Waals surface area contributed by atoms with Gasteiger partial charge >= 0.3 is 0 Å². The molecule has 0 saturated carbocycles. The molecule has 0 fully saturated rings. The summed E-state index contributed by atoms with van der Waals surface area (Å²) < 4.78 is 18.7. The molecule has 0 saturated heterocycles. The summed E-state index contributed by atoms with van der Waals surface area (Å²) in [6, 6.07) is 13.8. The Morgan fingerprint density at radius 2 is 2.06 bits per heavy atom. The van der Waals surface area contributed by atoms with Crippen molar-refractivity contribution in [2.45, 2.75) is 38.7 Å². The number of hydrogen-bond donors (Lipinski definition) is 2. The molecule has 3 aromatic rings. The summed E-state index contributed by atoms with van der Waals surface area (Å²) in [5.41, 5.74) is 6.94. The number of nitrogens with one attached hydrogen (secondary N) is 2. The Morgan fingerprint density at radius 1 is 1.26 bits per heavy atom. The first-order valence-corrected chi connectivity index (χ1v) is 11.6. The molecule has 1 aliphatic heterocycles. The molecule has 5 rings (SSSR count). The minimum Gasteiger partial charge on any atom is -0.497 e. The standard InChI is InChI=1S/C27H27FN4O3/c1-16-4-7-19(27(2)15-25(32-35-27)17-5-9-21(34-3)10-6-17)14-23(16)30-31-26(33)24-13-18-12-20(28)8-11-22(18)29-24/h4-6,8-13,19,29H,7,14-15H2,1-3H3,(H,31,33)/b30-23-/t19-,27?/m0/s1. The van der Waals surface area contributed by atoms with Gasteiger partial charge in [0.2, 0.25) is 0 Å². The van der Waals surface area contributed by atoms with Crippen molar-refractivity contribution in [3.63, 3.8) is 0 Å². The van der Waals surface area contributed by atoms with E-state index in [9.17, 15) is 9.18 Å². The third-order valence-electron chi connectivity index (χ3n) is 6.89. The van der Waals surface area contributed by atoms with Gasteiger partial charge in [0, 0.05) is 23.2 Å². The molecule has 0 bridgehead atoms. The number of oxime groups is 1. The van der Waals surface area contributed by atoms with E-state index in [2.05, 4.69) is 33.7 Å². The van der Waals surface area contributed by atoms with Crippen LogP contribution >= 0.6 is 0 Å². The summed E-state index contributed by atoms with van der Waals surface area (Å²) in [6.45, 7) is 4.07. The number of allylic oxidation sites excluding steroid dienone is 2. The fraction of sp³-hybridized carbons (Fsp3) is 0.296. The van der Waals surface area contributed by atoms with Gasteiger partial charge in [0.25, 0.3) is 5.91 Å². The number of amides is 1. The Labute approximate surface area is 202 Å². The average Bonchev–Trinajstić information content (AvgIpc) is 3.47. The summed E-state index contributed by atoms with van der Waals surface area (Å²) in [4.78, 5) is 21.7. The number of aromatic amines is 1. The van der Waals surface area contributed by atoms with Crippen molar-refractivity contribution in [2.24, 2.45) is 16.2 Å². The second-order valence-corrected chi connectivity index (χ2v) is 9.29. The number of benzene rings is 2. The number of nitrogens with zero attached hydrogens (tertiary/aromatic N) is 2. The van der Waals surface area contributed by atoms with Crippen molar-refractivity contribution in [1.82, 2.24) is 10.4 Å². The number of ether oxygens (including phenoxy) is 1. The molecule has 1 aliphatic carbocycles. The largest absolute Gasteiger partial charge is 0.497 e. The van der Waals surface area contributed by atoms with Crippen molar-refractivity contribution in [3.8, 4) is 5.75 Å². The molecule has 2 aliphatic rings. The Kier molecular flexibility index (Phi) is 5.88. The van der Waals surface area contributed by atoms with Gasteiger partial charge in [-0.2, -0.15) is 5.10 Å². The van der Waals surface area contributed by atoms with Crippen LogP contribution in [0.5, 0.6) is 5.75 Å². The highest BCUT2D eigenvalue weighted by atomic mass is 19.1. The van der Waals surface area contributed by atoms with E-state index in [0.717, 1.165) is 34.7 Å². The van der Waals surface area contributed by atoms with Gasteiger partial charge in [0.15, 0.2) is 0 Å². The van der Waals surface area contributed by atoms with Gasteiger partial charge in [-0.05, 0) is 86.4 Å². The van der Waals surface area contributed by atoms with Gasteiger partial charge in [-0.15, -0.1) is 0 Å². The third-order valence-corrected chi connectivity index (χ3v) is 6.89. The number of methoxy groups -OCH3 is 1. The second kappa shape index (κ2) is 9.02. The van der Waals surface area contributed by atoms with Crippen LogP contribution in [-0.2, 0) is 4.84 Å². The van der Waals surface area contributed by atoms with Crippen molar-refractivity contribution >= 4 is 28.2 Å². The highest BCUT2D eigenvalue weighted by Gasteiger charge is 2.43. The predicted octanol–water partition coefficient (Wildman–Crippen LogP) is 5.34. The molecule has 2 atom stereocenters. The first-order chi connectivity index (χ1) is 16.8. The van der Waals surface area contributed by atoms with E-state index in [-0.39, 0.29) is 17.6 Å². The number of carbonyl (C=O) groups excluding carboxylic acids is 1. The fourth-order valence-electron chi connectivity index (χ4n) is 4.63. The number of carbonyl (C=O) groups is 1. The number of rotatable bonds is 5. The molecule has 1 unspecified atom stereocenters. The van der Waals surface area contributed by atoms with Gasteiger partial charge < -0.3 is 14.6 Å². The smallest absolute Gasteiger partial charge is 0.287 e. The molecule has 2 N–H and O–H groups in total. The molecule has 1 aromatic heterocycles. The topological polar surface area (TPSA) is 88.1 Å². The molecule has 0 spiro atoms. The van der Waals surface area contributed by atoms with Crippen LogP contribution in [0.4, 0.5) is 4.39 Å². The van der Waals surface area contributed by atoms with Crippen molar-refractivity contribution in [3.05, 3.63) is 77.3 Å². The molecule has 35 heavy (non-hydrogen) atoms. The Balaban J connectivity index is 1.27. The Hall–Kier alpha value is -3.94. The maximum atomic E-state index is 13.5. The highest BCUT2D eigenvalue weighted by Crippen LogP contribution is 2.40. The zero-order chi connectivity index (χ0) is 24.6. The Bertz CT molecular complexity index is 1370. The van der Waals surface area contributed by atoms with E-state index in [1.54, 1.807) is 19.2 Å². The normalized spacial score (nSPS) is 23.1. The predicted molar refractivity (Wildman–Crippen MR) is 133 cm³/mol. The molecule has 2 heterocycles. The molecular weight excluding hydrogens is 447 g/mol. The summed E-state index contributed by atoms with van der Waals surface area (Å²) in [6.07, 6.45) is 4.31. The Morgan fingerprint density at radius 3 is 2.83 bits per heavy atom. The molecule has 7 nitrogen and oxygen atoms in total. The minimum atomic E-state index is -0.474. The number of hydrazone groups is 1. The maximum absolute atomic E-state index is 13.5. The molecule has 8 heteroatoms. The highest BCUT2D eigenvalue weighted by molar-refractivity contribution is 6.04. The van der Waals surface area contributed by atoms with Gasteiger partial charge in [-0.1, -0.05) is 11.2 Å². The third kappa shape index (κ3) is 4.56. The van der Waals surface area contributed by atoms with E-state index in [4.69, 9.17) is 9.57 Å². The second-order valence-electron chi connectivity index (χ2n) is 9.29. The van der Waals surface area contributed by atoms with Crippen LogP contribution in [0.3, 0.4) is 0 Å². The van der Waals surface area contributed by atoms with E-state index in [1.165, 1.54) is 12.1 Å². The van der Waals surface area contributed by atoms with Gasteiger partial charge in [0.05, 0.1) is 18.5 Å². The molecular formula is C27H27FN4O3. The summed E-state index contributed by atoms with van der Waals surface area (Å²) in [5.74, 6) is 0.223. The van der Waals surface area contributed by atoms with Crippen molar-refractivity contribution in [1.29, 1.82) is 0 Å². The first kappa shape index (κ1) is 22.8. The van der Waals surface area contributed by atoms with E-state index in [0.29, 0.717) is 29.4 Å². The molecule has 180 valence electrons. The maximum Gasteiger partial charge on any atom is 0.287 e. The van der Waals surface area contributed by atoms with Crippen LogP contribution in [0.1, 0.15) is 49.2 Å². The fourth-order valence-corrected chi connectivity index (χ4v) is 4.63.